The number of piperidine rings is 1. The predicted octanol–water partition coefficient (Wildman–Crippen LogP) is 7.38. The summed E-state index contributed by atoms with van der Waals surface area (Å²) in [5, 5.41) is 13.9. The molecule has 13 nitrogen and oxygen atoms in total. The van der Waals surface area contributed by atoms with E-state index >= 15 is 0 Å². The minimum atomic E-state index is -2.22. The highest BCUT2D eigenvalue weighted by molar-refractivity contribution is 6.74. The Hall–Kier alpha value is -4.17. The lowest BCUT2D eigenvalue weighted by Crippen LogP contribution is -2.61. The molecule has 0 unspecified atom stereocenters. The number of hydrogen-bond acceptors (Lipinski definition) is 9. The van der Waals surface area contributed by atoms with Crippen molar-refractivity contribution in [1.82, 2.24) is 29.5 Å². The molecule has 0 saturated carbocycles. The molecule has 0 radical (unpaired) electrons. The average Bonchev–Trinajstić information content (AvgIpc) is 3.38. The molecule has 0 bridgehead atoms. The van der Waals surface area contributed by atoms with Crippen LogP contribution in [-0.2, 0) is 16.2 Å². The number of benzene rings is 1. The Bertz CT molecular complexity index is 1780. The van der Waals surface area contributed by atoms with Crippen LogP contribution in [0.4, 0.5) is 15.4 Å². The molecule has 2 aliphatic rings. The van der Waals surface area contributed by atoms with Crippen molar-refractivity contribution in [2.75, 3.05) is 51.3 Å². The molecule has 4 heterocycles. The Morgan fingerprint density at radius 2 is 1.72 bits per heavy atom. The van der Waals surface area contributed by atoms with E-state index in [4.69, 9.17) is 23.9 Å². The summed E-state index contributed by atoms with van der Waals surface area (Å²) in [6, 6.07) is 7.79. The molecule has 0 aliphatic carbocycles. The van der Waals surface area contributed by atoms with Crippen molar-refractivity contribution >= 4 is 26.3 Å². The van der Waals surface area contributed by atoms with Gasteiger partial charge in [0.05, 0.1) is 30.2 Å². The van der Waals surface area contributed by atoms with E-state index in [1.165, 1.54) is 4.90 Å². The normalized spacial score (nSPS) is 16.7. The van der Waals surface area contributed by atoms with Crippen molar-refractivity contribution in [3.8, 4) is 28.5 Å². The molecule has 2 fully saturated rings. The van der Waals surface area contributed by atoms with E-state index in [-0.39, 0.29) is 23.2 Å². The third-order valence-electron chi connectivity index (χ3n) is 10.9. The zero-order chi connectivity index (χ0) is 39.1. The molecule has 290 valence electrons. The fourth-order valence-corrected chi connectivity index (χ4v) is 8.14. The number of rotatable bonds is 10. The number of hydrogen-bond donors (Lipinski definition) is 1. The maximum Gasteiger partial charge on any atom is 0.410 e. The maximum absolute atomic E-state index is 12.9. The van der Waals surface area contributed by atoms with Gasteiger partial charge in [-0.05, 0) is 83.3 Å². The van der Waals surface area contributed by atoms with Crippen molar-refractivity contribution in [2.24, 2.45) is 12.5 Å². The van der Waals surface area contributed by atoms with E-state index in [1.54, 1.807) is 11.9 Å². The van der Waals surface area contributed by atoms with Crippen molar-refractivity contribution in [3.63, 3.8) is 0 Å². The molecule has 3 aromatic rings. The zero-order valence-corrected chi connectivity index (χ0v) is 34.7. The summed E-state index contributed by atoms with van der Waals surface area (Å²) in [5.74, 6) is 2.09. The molecule has 2 saturated heterocycles. The van der Waals surface area contributed by atoms with Gasteiger partial charge in [-0.2, -0.15) is 5.10 Å². The number of likely N-dealkylation sites (tertiary alicyclic amines) is 1. The van der Waals surface area contributed by atoms with Gasteiger partial charge < -0.3 is 33.7 Å². The average molecular weight is 750 g/mol. The van der Waals surface area contributed by atoms with Gasteiger partial charge in [-0.25, -0.2) is 19.6 Å². The van der Waals surface area contributed by atoms with Crippen molar-refractivity contribution in [2.45, 2.75) is 98.1 Å². The maximum atomic E-state index is 12.9. The summed E-state index contributed by atoms with van der Waals surface area (Å²) in [4.78, 5) is 40.1. The van der Waals surface area contributed by atoms with Crippen LogP contribution in [0, 0.1) is 19.3 Å². The van der Waals surface area contributed by atoms with Crippen LogP contribution >= 0.6 is 0 Å². The van der Waals surface area contributed by atoms with Crippen molar-refractivity contribution in [1.29, 1.82) is 0 Å². The minimum Gasteiger partial charge on any atom is -0.491 e. The third kappa shape index (κ3) is 9.14. The Morgan fingerprint density at radius 3 is 2.28 bits per heavy atom. The van der Waals surface area contributed by atoms with Gasteiger partial charge in [-0.3, -0.25) is 4.68 Å². The van der Waals surface area contributed by atoms with Crippen LogP contribution in [0.2, 0.25) is 18.1 Å². The Kier molecular flexibility index (Phi) is 11.3. The summed E-state index contributed by atoms with van der Waals surface area (Å²) in [6.45, 7) is 23.9. The number of carbonyl (C=O) groups is 2. The SMILES string of the molecule is Cc1cnn(C)c1-c1nc(-c2cccc(OC[C@@H](CN(C)C(=O)OC(C)(C)C)O[Si](C)(C)C(C)(C)C)c2)nc(N2CC3(CCN(C(=O)O)CC3)C2)c1C. The summed E-state index contributed by atoms with van der Waals surface area (Å²) in [7, 11) is 1.43. The number of amides is 2. The highest BCUT2D eigenvalue weighted by Crippen LogP contribution is 2.44. The van der Waals surface area contributed by atoms with Gasteiger partial charge in [0.25, 0.3) is 0 Å². The van der Waals surface area contributed by atoms with Gasteiger partial charge in [-0.15, -0.1) is 0 Å². The number of anilines is 1. The van der Waals surface area contributed by atoms with E-state index in [2.05, 4.69) is 50.8 Å². The van der Waals surface area contributed by atoms with Crippen LogP contribution in [0.3, 0.4) is 0 Å². The predicted molar refractivity (Wildman–Crippen MR) is 209 cm³/mol. The molecule has 2 aromatic heterocycles. The quantitative estimate of drug-likeness (QED) is 0.209. The van der Waals surface area contributed by atoms with Crippen LogP contribution in [0.25, 0.3) is 22.8 Å². The van der Waals surface area contributed by atoms with E-state index in [9.17, 15) is 14.7 Å². The van der Waals surface area contributed by atoms with Gasteiger partial charge in [0.2, 0.25) is 0 Å². The molecular weight excluding hydrogens is 691 g/mol. The summed E-state index contributed by atoms with van der Waals surface area (Å²) < 4.78 is 20.7. The molecule has 5 rings (SSSR count). The number of aryl methyl sites for hydroxylation is 2. The number of carbonyl (C=O) groups excluding carboxylic acids is 1. The monoisotopic (exact) mass is 749 g/mol. The number of nitrogens with zero attached hydrogens (tertiary/aromatic N) is 7. The first-order chi connectivity index (χ1) is 24.6. The molecule has 1 spiro atoms. The highest BCUT2D eigenvalue weighted by atomic mass is 28.4. The van der Waals surface area contributed by atoms with E-state index in [0.717, 1.165) is 59.8 Å². The summed E-state index contributed by atoms with van der Waals surface area (Å²) >= 11 is 0. The number of carboxylic acid groups (broad SMARTS) is 1. The molecule has 2 amide bonds. The zero-order valence-electron chi connectivity index (χ0n) is 33.7. The van der Waals surface area contributed by atoms with E-state index < -0.39 is 26.1 Å². The van der Waals surface area contributed by atoms with Crippen LogP contribution in [0.5, 0.6) is 5.75 Å². The van der Waals surface area contributed by atoms with Gasteiger partial charge in [0, 0.05) is 56.8 Å². The molecule has 1 N–H and O–H groups in total. The van der Waals surface area contributed by atoms with E-state index in [0.29, 0.717) is 31.2 Å². The first-order valence-corrected chi connectivity index (χ1v) is 21.4. The third-order valence-corrected chi connectivity index (χ3v) is 15.4. The molecule has 14 heteroatoms. The largest absolute Gasteiger partial charge is 0.491 e. The molecule has 2 aliphatic heterocycles. The standard InChI is InChI=1S/C39H59N7O6Si/c1-26-21-40-44(10)32(26)31-27(2)34(46-24-39(25-46)16-18-45(19-17-39)35(47)48)42-33(41-31)28-14-13-15-29(20-28)50-23-30(52-53(11,12)38(6,7)8)22-43(9)36(49)51-37(3,4)5/h13-15,20-21,30H,16-19,22-25H2,1-12H3,(H,47,48)/t30-/m1/s1. The Balaban J connectivity index is 1.41. The highest BCUT2D eigenvalue weighted by Gasteiger charge is 2.47. The topological polar surface area (TPSA) is 135 Å². The second kappa shape index (κ2) is 14.9. The van der Waals surface area contributed by atoms with Crippen LogP contribution in [-0.4, -0.2) is 113 Å². The smallest absolute Gasteiger partial charge is 0.410 e. The lowest BCUT2D eigenvalue weighted by Gasteiger charge is -2.54. The second-order valence-electron chi connectivity index (χ2n) is 17.5. The minimum absolute atomic E-state index is 0.0357. The van der Waals surface area contributed by atoms with Gasteiger partial charge in [0.1, 0.15) is 23.8 Å². The second-order valence-corrected chi connectivity index (χ2v) is 22.2. The van der Waals surface area contributed by atoms with E-state index in [1.807, 2.05) is 69.9 Å². The first kappa shape index (κ1) is 40.0. The van der Waals surface area contributed by atoms with Crippen molar-refractivity contribution < 1.29 is 28.6 Å². The van der Waals surface area contributed by atoms with Gasteiger partial charge >= 0.3 is 12.2 Å². The molecular formula is C39H59N7O6Si. The molecule has 1 atom stereocenters. The molecule has 53 heavy (non-hydrogen) atoms. The lowest BCUT2D eigenvalue weighted by molar-refractivity contribution is 0.0172. The molecule has 1 aromatic carbocycles. The van der Waals surface area contributed by atoms with Crippen molar-refractivity contribution in [3.05, 3.63) is 41.6 Å². The summed E-state index contributed by atoms with van der Waals surface area (Å²) in [6.07, 6.45) is 1.89. The first-order valence-electron chi connectivity index (χ1n) is 18.5. The Morgan fingerprint density at radius 1 is 1.06 bits per heavy atom. The fraction of sp³-hybridized carbons (Fsp3) is 0.615. The summed E-state index contributed by atoms with van der Waals surface area (Å²) in [5.41, 5.74) is 4.04. The number of aromatic nitrogens is 4. The number of ether oxygens (including phenoxy) is 2. The van der Waals surface area contributed by atoms with Gasteiger partial charge in [0.15, 0.2) is 14.1 Å². The van der Waals surface area contributed by atoms with Gasteiger partial charge in [-0.1, -0.05) is 32.9 Å². The van der Waals surface area contributed by atoms with Crippen LogP contribution < -0.4 is 9.64 Å². The van der Waals surface area contributed by atoms with Crippen LogP contribution in [0.15, 0.2) is 30.5 Å². The van der Waals surface area contributed by atoms with Crippen LogP contribution in [0.1, 0.15) is 65.5 Å². The fourth-order valence-electron chi connectivity index (χ4n) is 6.81. The Labute approximate surface area is 315 Å². The lowest BCUT2D eigenvalue weighted by atomic mass is 9.72. The number of likely N-dealkylation sites (N-methyl/N-ethyl adjacent to an activating group) is 1.